The van der Waals surface area contributed by atoms with Crippen molar-refractivity contribution in [1.29, 1.82) is 0 Å². The van der Waals surface area contributed by atoms with Gasteiger partial charge in [-0.3, -0.25) is 4.79 Å². The lowest BCUT2D eigenvalue weighted by molar-refractivity contribution is -0.129. The van der Waals surface area contributed by atoms with E-state index < -0.39 is 0 Å². The SMILES string of the molecule is CCOc1ccc(CCC2CCN(C(=O)CSc3nnc(-c4ccc(Cl)cc4)o3)CC2)cc1. The molecule has 1 aliphatic heterocycles. The first kappa shape index (κ1) is 23.6. The third-order valence-corrected chi connectivity index (χ3v) is 6.91. The van der Waals surface area contributed by atoms with Gasteiger partial charge in [0.25, 0.3) is 5.22 Å². The van der Waals surface area contributed by atoms with Crippen LogP contribution in [0.5, 0.6) is 5.75 Å². The van der Waals surface area contributed by atoms with Crippen molar-refractivity contribution in [1.82, 2.24) is 15.1 Å². The highest BCUT2D eigenvalue weighted by Crippen LogP contribution is 2.26. The molecule has 1 fully saturated rings. The van der Waals surface area contributed by atoms with Crippen molar-refractivity contribution in [3.8, 4) is 17.2 Å². The van der Waals surface area contributed by atoms with Crippen molar-refractivity contribution in [2.24, 2.45) is 5.92 Å². The number of nitrogens with zero attached hydrogens (tertiary/aromatic N) is 3. The van der Waals surface area contributed by atoms with Crippen LogP contribution in [0.3, 0.4) is 0 Å². The molecule has 8 heteroatoms. The normalized spacial score (nSPS) is 14.4. The highest BCUT2D eigenvalue weighted by molar-refractivity contribution is 7.99. The number of carbonyl (C=O) groups is 1. The summed E-state index contributed by atoms with van der Waals surface area (Å²) in [5, 5.41) is 9.16. The standard InChI is InChI=1S/C25H28ClN3O3S/c1-2-31-22-11-5-18(6-12-22)3-4-19-13-15-29(16-14-19)23(30)17-33-25-28-27-24(32-25)20-7-9-21(26)10-8-20/h5-12,19H,2-4,13-17H2,1H3. The molecule has 2 heterocycles. The van der Waals surface area contributed by atoms with Crippen LogP contribution in [0.4, 0.5) is 0 Å². The molecule has 1 saturated heterocycles. The number of thioether (sulfide) groups is 1. The topological polar surface area (TPSA) is 68.5 Å². The fraction of sp³-hybridized carbons (Fsp3) is 0.400. The molecule has 0 spiro atoms. The number of amides is 1. The second-order valence-corrected chi connectivity index (χ2v) is 9.47. The molecule has 0 atom stereocenters. The van der Waals surface area contributed by atoms with Crippen LogP contribution in [-0.2, 0) is 11.2 Å². The van der Waals surface area contributed by atoms with Gasteiger partial charge in [-0.05, 0) is 80.5 Å². The minimum absolute atomic E-state index is 0.121. The smallest absolute Gasteiger partial charge is 0.277 e. The van der Waals surface area contributed by atoms with E-state index in [1.807, 2.05) is 36.1 Å². The zero-order valence-corrected chi connectivity index (χ0v) is 20.3. The van der Waals surface area contributed by atoms with E-state index in [2.05, 4.69) is 22.3 Å². The monoisotopic (exact) mass is 485 g/mol. The van der Waals surface area contributed by atoms with Crippen LogP contribution in [0, 0.1) is 5.92 Å². The summed E-state index contributed by atoms with van der Waals surface area (Å²) in [4.78, 5) is 14.6. The Morgan fingerprint density at radius 1 is 1.12 bits per heavy atom. The second kappa shape index (κ2) is 11.6. The molecule has 0 N–H and O–H groups in total. The molecule has 1 amide bonds. The summed E-state index contributed by atoms with van der Waals surface area (Å²) >= 11 is 7.20. The van der Waals surface area contributed by atoms with Crippen molar-refractivity contribution in [2.75, 3.05) is 25.4 Å². The fourth-order valence-corrected chi connectivity index (χ4v) is 4.74. The van der Waals surface area contributed by atoms with Crippen molar-refractivity contribution >= 4 is 29.3 Å². The first-order chi connectivity index (χ1) is 16.1. The molecule has 4 rings (SSSR count). The minimum Gasteiger partial charge on any atom is -0.494 e. The maximum Gasteiger partial charge on any atom is 0.277 e. The molecule has 174 valence electrons. The van der Waals surface area contributed by atoms with Gasteiger partial charge in [-0.25, -0.2) is 0 Å². The predicted octanol–water partition coefficient (Wildman–Crippen LogP) is 5.75. The molecule has 0 saturated carbocycles. The molecule has 0 aliphatic carbocycles. The molecule has 1 aliphatic rings. The lowest BCUT2D eigenvalue weighted by Gasteiger charge is -2.32. The number of hydrogen-bond acceptors (Lipinski definition) is 6. The van der Waals surface area contributed by atoms with Gasteiger partial charge in [-0.15, -0.1) is 10.2 Å². The Morgan fingerprint density at radius 2 is 1.85 bits per heavy atom. The number of aryl methyl sites for hydroxylation is 1. The first-order valence-corrected chi connectivity index (χ1v) is 12.7. The van der Waals surface area contributed by atoms with Gasteiger partial charge in [0.1, 0.15) is 5.75 Å². The number of piperidine rings is 1. The van der Waals surface area contributed by atoms with Crippen LogP contribution in [0.2, 0.25) is 5.02 Å². The molecular weight excluding hydrogens is 458 g/mol. The van der Waals surface area contributed by atoms with Gasteiger partial charge in [-0.2, -0.15) is 0 Å². The molecule has 0 bridgehead atoms. The van der Waals surface area contributed by atoms with Crippen LogP contribution in [-0.4, -0.2) is 46.5 Å². The van der Waals surface area contributed by atoms with Crippen LogP contribution in [0.25, 0.3) is 11.5 Å². The highest BCUT2D eigenvalue weighted by Gasteiger charge is 2.23. The number of benzene rings is 2. The summed E-state index contributed by atoms with van der Waals surface area (Å²) in [6, 6.07) is 15.6. The third kappa shape index (κ3) is 6.74. The summed E-state index contributed by atoms with van der Waals surface area (Å²) < 4.78 is 11.2. The lowest BCUT2D eigenvalue weighted by Crippen LogP contribution is -2.39. The summed E-state index contributed by atoms with van der Waals surface area (Å²) in [6.45, 7) is 4.31. The quantitative estimate of drug-likeness (QED) is 0.359. The second-order valence-electron chi connectivity index (χ2n) is 8.11. The largest absolute Gasteiger partial charge is 0.494 e. The van der Waals surface area contributed by atoms with Crippen LogP contribution in [0.1, 0.15) is 31.7 Å². The molecular formula is C25H28ClN3O3S. The lowest BCUT2D eigenvalue weighted by atomic mass is 9.90. The van der Waals surface area contributed by atoms with Gasteiger partial charge in [-0.1, -0.05) is 35.5 Å². The van der Waals surface area contributed by atoms with E-state index in [4.69, 9.17) is 20.8 Å². The van der Waals surface area contributed by atoms with Crippen molar-refractivity contribution in [3.63, 3.8) is 0 Å². The first-order valence-electron chi connectivity index (χ1n) is 11.3. The Kier molecular flexibility index (Phi) is 8.29. The molecule has 2 aromatic carbocycles. The summed E-state index contributed by atoms with van der Waals surface area (Å²) in [7, 11) is 0. The van der Waals surface area contributed by atoms with Gasteiger partial charge in [0.2, 0.25) is 11.8 Å². The predicted molar refractivity (Wildman–Crippen MR) is 131 cm³/mol. The Balaban J connectivity index is 1.18. The van der Waals surface area contributed by atoms with Gasteiger partial charge in [0, 0.05) is 23.7 Å². The summed E-state index contributed by atoms with van der Waals surface area (Å²) in [5.41, 5.74) is 2.14. The van der Waals surface area contributed by atoms with Crippen LogP contribution in [0.15, 0.2) is 58.2 Å². The third-order valence-electron chi connectivity index (χ3n) is 5.86. The van der Waals surface area contributed by atoms with Crippen LogP contribution < -0.4 is 4.74 Å². The minimum atomic E-state index is 0.121. The number of likely N-dealkylation sites (tertiary alicyclic amines) is 1. The molecule has 1 aromatic heterocycles. The maximum absolute atomic E-state index is 12.6. The number of rotatable bonds is 9. The van der Waals surface area contributed by atoms with Crippen LogP contribution >= 0.6 is 23.4 Å². The zero-order chi connectivity index (χ0) is 23.0. The molecule has 3 aromatic rings. The maximum atomic E-state index is 12.6. The zero-order valence-electron chi connectivity index (χ0n) is 18.7. The van der Waals surface area contributed by atoms with E-state index in [1.54, 1.807) is 12.1 Å². The average molecular weight is 486 g/mol. The van der Waals surface area contributed by atoms with Gasteiger partial charge < -0.3 is 14.1 Å². The Bertz CT molecular complexity index is 1030. The molecule has 0 unspecified atom stereocenters. The Morgan fingerprint density at radius 3 is 2.55 bits per heavy atom. The van der Waals surface area contributed by atoms with E-state index >= 15 is 0 Å². The average Bonchev–Trinajstić information content (AvgIpc) is 3.32. The van der Waals surface area contributed by atoms with E-state index in [9.17, 15) is 4.79 Å². The van der Waals surface area contributed by atoms with Crippen molar-refractivity contribution < 1.29 is 13.9 Å². The Labute approximate surface area is 203 Å². The number of carbonyl (C=O) groups excluding carboxylic acids is 1. The number of ether oxygens (including phenoxy) is 1. The molecule has 0 radical (unpaired) electrons. The highest BCUT2D eigenvalue weighted by atomic mass is 35.5. The number of aromatic nitrogens is 2. The summed E-state index contributed by atoms with van der Waals surface area (Å²) in [6.07, 6.45) is 4.32. The fourth-order valence-electron chi connectivity index (χ4n) is 3.95. The summed E-state index contributed by atoms with van der Waals surface area (Å²) in [5.74, 6) is 2.43. The Hall–Kier alpha value is -2.51. The van der Waals surface area contributed by atoms with Crippen molar-refractivity contribution in [2.45, 2.75) is 37.8 Å². The van der Waals surface area contributed by atoms with Gasteiger partial charge in [0.15, 0.2) is 0 Å². The van der Waals surface area contributed by atoms with Gasteiger partial charge >= 0.3 is 0 Å². The molecule has 33 heavy (non-hydrogen) atoms. The number of halogens is 1. The van der Waals surface area contributed by atoms with E-state index in [1.165, 1.54) is 17.3 Å². The number of hydrogen-bond donors (Lipinski definition) is 0. The molecule has 6 nitrogen and oxygen atoms in total. The van der Waals surface area contributed by atoms with E-state index in [0.29, 0.717) is 34.4 Å². The van der Waals surface area contributed by atoms with E-state index in [-0.39, 0.29) is 5.91 Å². The van der Waals surface area contributed by atoms with Gasteiger partial charge in [0.05, 0.1) is 12.4 Å². The van der Waals surface area contributed by atoms with E-state index in [0.717, 1.165) is 50.1 Å². The van der Waals surface area contributed by atoms with Crippen molar-refractivity contribution in [3.05, 3.63) is 59.1 Å².